The Labute approximate surface area is 143 Å². The molecule has 1 saturated heterocycles. The topological polar surface area (TPSA) is 76.5 Å². The van der Waals surface area contributed by atoms with Crippen LogP contribution in [0.2, 0.25) is 0 Å². The Morgan fingerprint density at radius 2 is 2.04 bits per heavy atom. The number of carbonyl (C=O) groups excluding carboxylic acids is 2. The van der Waals surface area contributed by atoms with E-state index in [0.29, 0.717) is 43.3 Å². The zero-order chi connectivity index (χ0) is 17.7. The molecule has 1 aromatic rings. The molecule has 2 amide bonds. The molecule has 2 rings (SSSR count). The van der Waals surface area contributed by atoms with Gasteiger partial charge in [0.05, 0.1) is 7.11 Å². The van der Waals surface area contributed by atoms with Gasteiger partial charge in [0.25, 0.3) is 5.91 Å². The smallest absolute Gasteiger partial charge is 0.260 e. The summed E-state index contributed by atoms with van der Waals surface area (Å²) in [6.07, 6.45) is 4.05. The molecule has 24 heavy (non-hydrogen) atoms. The van der Waals surface area contributed by atoms with Gasteiger partial charge in [-0.1, -0.05) is 13.8 Å². The van der Waals surface area contributed by atoms with Crippen LogP contribution in [0.1, 0.15) is 43.5 Å². The molecule has 1 aliphatic rings. The second-order valence-electron chi connectivity index (χ2n) is 6.77. The van der Waals surface area contributed by atoms with Crippen molar-refractivity contribution in [2.24, 2.45) is 18.9 Å². The van der Waals surface area contributed by atoms with Crippen molar-refractivity contribution in [2.45, 2.75) is 33.1 Å². The number of hydrogen-bond donors (Lipinski definition) is 1. The largest absolute Gasteiger partial charge is 0.479 e. The normalized spacial score (nSPS) is 15.6. The van der Waals surface area contributed by atoms with Crippen molar-refractivity contribution >= 4 is 11.8 Å². The molecule has 0 radical (unpaired) electrons. The number of piperidine rings is 1. The molecule has 0 spiro atoms. The Balaban J connectivity index is 1.85. The van der Waals surface area contributed by atoms with Crippen LogP contribution in [0.25, 0.3) is 0 Å². The lowest BCUT2D eigenvalue weighted by atomic mass is 9.95. The molecule has 0 aliphatic carbocycles. The van der Waals surface area contributed by atoms with Gasteiger partial charge in [-0.05, 0) is 25.2 Å². The Hall–Kier alpha value is -2.05. The molecule has 2 heterocycles. The van der Waals surface area contributed by atoms with Gasteiger partial charge >= 0.3 is 0 Å². The Morgan fingerprint density at radius 1 is 1.38 bits per heavy atom. The molecule has 0 bridgehead atoms. The summed E-state index contributed by atoms with van der Waals surface area (Å²) in [6.45, 7) is 6.17. The van der Waals surface area contributed by atoms with Crippen LogP contribution in [-0.4, -0.2) is 53.2 Å². The van der Waals surface area contributed by atoms with Crippen molar-refractivity contribution in [3.8, 4) is 5.88 Å². The molecule has 0 atom stereocenters. The van der Waals surface area contributed by atoms with Gasteiger partial charge in [0.1, 0.15) is 5.56 Å². The number of rotatable bonds is 6. The highest BCUT2D eigenvalue weighted by atomic mass is 16.5. The lowest BCUT2D eigenvalue weighted by molar-refractivity contribution is -0.126. The first kappa shape index (κ1) is 18.3. The Morgan fingerprint density at radius 3 is 2.62 bits per heavy atom. The van der Waals surface area contributed by atoms with Crippen molar-refractivity contribution in [2.75, 3.05) is 26.7 Å². The van der Waals surface area contributed by atoms with Gasteiger partial charge < -0.3 is 15.0 Å². The molecular formula is C17H28N4O3. The maximum Gasteiger partial charge on any atom is 0.260 e. The minimum Gasteiger partial charge on any atom is -0.479 e. The van der Waals surface area contributed by atoms with Gasteiger partial charge in [0.2, 0.25) is 11.8 Å². The van der Waals surface area contributed by atoms with Crippen LogP contribution in [-0.2, 0) is 11.8 Å². The highest BCUT2D eigenvalue weighted by Gasteiger charge is 2.29. The first-order valence-corrected chi connectivity index (χ1v) is 8.57. The fraction of sp³-hybridized carbons (Fsp3) is 0.706. The standard InChI is InChI=1S/C17H28N4O3/c1-12(2)5-8-18-15(22)13-6-9-21(10-7-13)17(23)14-11-20(3)19-16(14)24-4/h11-13H,5-10H2,1-4H3,(H,18,22). The van der Waals surface area contributed by atoms with Gasteiger partial charge in [-0.3, -0.25) is 14.3 Å². The van der Waals surface area contributed by atoms with Crippen molar-refractivity contribution in [1.82, 2.24) is 20.0 Å². The van der Waals surface area contributed by atoms with E-state index in [9.17, 15) is 9.59 Å². The van der Waals surface area contributed by atoms with E-state index in [1.807, 2.05) is 0 Å². The molecule has 1 fully saturated rings. The number of likely N-dealkylation sites (tertiary alicyclic amines) is 1. The van der Waals surface area contributed by atoms with Crippen molar-refractivity contribution in [1.29, 1.82) is 0 Å². The average Bonchev–Trinajstić information content (AvgIpc) is 2.95. The molecule has 0 saturated carbocycles. The summed E-state index contributed by atoms with van der Waals surface area (Å²) in [5, 5.41) is 7.12. The number of aromatic nitrogens is 2. The van der Waals surface area contributed by atoms with E-state index < -0.39 is 0 Å². The lowest BCUT2D eigenvalue weighted by Crippen LogP contribution is -2.43. The second kappa shape index (κ2) is 8.17. The molecule has 7 heteroatoms. The van der Waals surface area contributed by atoms with Gasteiger partial charge in [-0.25, -0.2) is 0 Å². The van der Waals surface area contributed by atoms with E-state index in [0.717, 1.165) is 13.0 Å². The first-order valence-electron chi connectivity index (χ1n) is 8.57. The number of aryl methyl sites for hydroxylation is 1. The van der Waals surface area contributed by atoms with E-state index in [2.05, 4.69) is 24.3 Å². The first-order chi connectivity index (χ1) is 11.4. The summed E-state index contributed by atoms with van der Waals surface area (Å²) in [4.78, 5) is 26.6. The molecular weight excluding hydrogens is 308 g/mol. The molecule has 134 valence electrons. The number of carbonyl (C=O) groups is 2. The highest BCUT2D eigenvalue weighted by molar-refractivity contribution is 5.96. The number of ether oxygens (including phenoxy) is 1. The number of nitrogens with zero attached hydrogens (tertiary/aromatic N) is 3. The quantitative estimate of drug-likeness (QED) is 0.853. The third-order valence-electron chi connectivity index (χ3n) is 4.39. The minimum absolute atomic E-state index is 0.00277. The summed E-state index contributed by atoms with van der Waals surface area (Å²) in [7, 11) is 3.26. The van der Waals surface area contributed by atoms with Crippen LogP contribution in [0.15, 0.2) is 6.20 Å². The average molecular weight is 336 g/mol. The predicted octanol–water partition coefficient (Wildman–Crippen LogP) is 1.44. The molecule has 1 N–H and O–H groups in total. The predicted molar refractivity (Wildman–Crippen MR) is 90.9 cm³/mol. The highest BCUT2D eigenvalue weighted by Crippen LogP contribution is 2.22. The molecule has 7 nitrogen and oxygen atoms in total. The number of methoxy groups -OCH3 is 1. The third-order valence-corrected chi connectivity index (χ3v) is 4.39. The van der Waals surface area contributed by atoms with Crippen LogP contribution >= 0.6 is 0 Å². The SMILES string of the molecule is COc1nn(C)cc1C(=O)N1CCC(C(=O)NCCC(C)C)CC1. The van der Waals surface area contributed by atoms with Gasteiger partial charge in [0, 0.05) is 38.8 Å². The zero-order valence-corrected chi connectivity index (χ0v) is 15.0. The maximum atomic E-state index is 12.6. The number of amides is 2. The van der Waals surface area contributed by atoms with E-state index >= 15 is 0 Å². The van der Waals surface area contributed by atoms with Crippen molar-refractivity contribution < 1.29 is 14.3 Å². The van der Waals surface area contributed by atoms with Crippen LogP contribution < -0.4 is 10.1 Å². The summed E-state index contributed by atoms with van der Waals surface area (Å²) >= 11 is 0. The molecule has 1 aromatic heterocycles. The molecule has 0 aromatic carbocycles. The summed E-state index contributed by atoms with van der Waals surface area (Å²) in [5.74, 6) is 0.951. The third kappa shape index (κ3) is 4.49. The Kier molecular flexibility index (Phi) is 6.23. The zero-order valence-electron chi connectivity index (χ0n) is 15.0. The fourth-order valence-electron chi connectivity index (χ4n) is 2.91. The van der Waals surface area contributed by atoms with Crippen molar-refractivity contribution in [3.05, 3.63) is 11.8 Å². The molecule has 1 aliphatic heterocycles. The monoisotopic (exact) mass is 336 g/mol. The van der Waals surface area contributed by atoms with Crippen LogP contribution in [0.5, 0.6) is 5.88 Å². The number of nitrogens with one attached hydrogen (secondary N) is 1. The Bertz CT molecular complexity index is 574. The van der Waals surface area contributed by atoms with E-state index in [-0.39, 0.29) is 17.7 Å². The van der Waals surface area contributed by atoms with Crippen LogP contribution in [0.4, 0.5) is 0 Å². The lowest BCUT2D eigenvalue weighted by Gasteiger charge is -2.31. The summed E-state index contributed by atoms with van der Waals surface area (Å²) in [5.41, 5.74) is 0.472. The van der Waals surface area contributed by atoms with E-state index in [4.69, 9.17) is 4.74 Å². The fourth-order valence-corrected chi connectivity index (χ4v) is 2.91. The van der Waals surface area contributed by atoms with E-state index in [1.165, 1.54) is 7.11 Å². The van der Waals surface area contributed by atoms with Gasteiger partial charge in [-0.2, -0.15) is 0 Å². The summed E-state index contributed by atoms with van der Waals surface area (Å²) in [6, 6.07) is 0. The van der Waals surface area contributed by atoms with E-state index in [1.54, 1.807) is 22.8 Å². The van der Waals surface area contributed by atoms with Crippen molar-refractivity contribution in [3.63, 3.8) is 0 Å². The van der Waals surface area contributed by atoms with Crippen LogP contribution in [0.3, 0.4) is 0 Å². The van der Waals surface area contributed by atoms with Gasteiger partial charge in [0.15, 0.2) is 0 Å². The number of hydrogen-bond acceptors (Lipinski definition) is 4. The molecule has 0 unspecified atom stereocenters. The maximum absolute atomic E-state index is 12.6. The van der Waals surface area contributed by atoms with Crippen LogP contribution in [0, 0.1) is 11.8 Å². The summed E-state index contributed by atoms with van der Waals surface area (Å²) < 4.78 is 6.73. The second-order valence-corrected chi connectivity index (χ2v) is 6.77. The minimum atomic E-state index is -0.0846. The van der Waals surface area contributed by atoms with Gasteiger partial charge in [-0.15, -0.1) is 5.10 Å².